The normalized spacial score (nSPS) is 14.7. The minimum absolute atomic E-state index is 0.0233. The molecule has 1 amide bonds. The summed E-state index contributed by atoms with van der Waals surface area (Å²) in [5, 5.41) is 2.99. The standard InChI is InChI=1S/C17H27N3O/c1-3-19(4-2)14-11-18-17(21)15-7-9-16(10-8-15)20-12-5-6-13-20/h7-10H,3-6,11-14H2,1-2H3,(H,18,21). The Morgan fingerprint density at radius 1 is 1.14 bits per heavy atom. The molecule has 0 radical (unpaired) electrons. The zero-order chi connectivity index (χ0) is 15.1. The second-order valence-corrected chi connectivity index (χ2v) is 5.52. The molecule has 0 aromatic heterocycles. The third-order valence-electron chi connectivity index (χ3n) is 4.21. The van der Waals surface area contributed by atoms with Crippen LogP contribution in [0, 0.1) is 0 Å². The molecule has 1 N–H and O–H groups in total. The van der Waals surface area contributed by atoms with E-state index < -0.39 is 0 Å². The third kappa shape index (κ3) is 4.46. The number of carbonyl (C=O) groups is 1. The van der Waals surface area contributed by atoms with Crippen molar-refractivity contribution in [2.45, 2.75) is 26.7 Å². The Hall–Kier alpha value is -1.55. The average Bonchev–Trinajstić information content (AvgIpc) is 3.06. The van der Waals surface area contributed by atoms with Gasteiger partial charge in [-0.05, 0) is 50.2 Å². The minimum atomic E-state index is 0.0233. The van der Waals surface area contributed by atoms with Crippen LogP contribution in [0.2, 0.25) is 0 Å². The molecule has 21 heavy (non-hydrogen) atoms. The molecule has 0 aliphatic carbocycles. The zero-order valence-electron chi connectivity index (χ0n) is 13.3. The highest BCUT2D eigenvalue weighted by Gasteiger charge is 2.13. The number of benzene rings is 1. The van der Waals surface area contributed by atoms with Crippen molar-refractivity contribution in [3.8, 4) is 0 Å². The second kappa shape index (κ2) is 8.03. The first-order valence-corrected chi connectivity index (χ1v) is 8.10. The predicted molar refractivity (Wildman–Crippen MR) is 88.0 cm³/mol. The van der Waals surface area contributed by atoms with Crippen LogP contribution in [0.25, 0.3) is 0 Å². The highest BCUT2D eigenvalue weighted by molar-refractivity contribution is 5.94. The molecule has 2 rings (SSSR count). The van der Waals surface area contributed by atoms with Crippen LogP contribution < -0.4 is 10.2 Å². The summed E-state index contributed by atoms with van der Waals surface area (Å²) in [5.41, 5.74) is 1.98. The molecule has 0 atom stereocenters. The first kappa shape index (κ1) is 15.8. The van der Waals surface area contributed by atoms with Crippen molar-refractivity contribution in [2.24, 2.45) is 0 Å². The molecule has 116 valence electrons. The van der Waals surface area contributed by atoms with Gasteiger partial charge in [0.1, 0.15) is 0 Å². The van der Waals surface area contributed by atoms with Gasteiger partial charge in [0, 0.05) is 37.4 Å². The van der Waals surface area contributed by atoms with Crippen molar-refractivity contribution in [1.29, 1.82) is 0 Å². The van der Waals surface area contributed by atoms with Crippen molar-refractivity contribution in [2.75, 3.05) is 44.2 Å². The van der Waals surface area contributed by atoms with E-state index in [1.165, 1.54) is 18.5 Å². The van der Waals surface area contributed by atoms with Crippen LogP contribution in [-0.4, -0.2) is 50.1 Å². The van der Waals surface area contributed by atoms with Gasteiger partial charge in [0.05, 0.1) is 0 Å². The molecule has 0 unspecified atom stereocenters. The number of anilines is 1. The maximum atomic E-state index is 12.1. The Morgan fingerprint density at radius 3 is 2.33 bits per heavy atom. The lowest BCUT2D eigenvalue weighted by Crippen LogP contribution is -2.34. The molecule has 0 bridgehead atoms. The van der Waals surface area contributed by atoms with Crippen molar-refractivity contribution in [1.82, 2.24) is 10.2 Å². The van der Waals surface area contributed by atoms with Crippen molar-refractivity contribution < 1.29 is 4.79 Å². The number of likely N-dealkylation sites (N-methyl/N-ethyl adjacent to an activating group) is 1. The first-order chi connectivity index (χ1) is 10.2. The first-order valence-electron chi connectivity index (χ1n) is 8.10. The van der Waals surface area contributed by atoms with Gasteiger partial charge in [-0.15, -0.1) is 0 Å². The molecular formula is C17H27N3O. The van der Waals surface area contributed by atoms with E-state index >= 15 is 0 Å². The van der Waals surface area contributed by atoms with E-state index in [1.54, 1.807) is 0 Å². The molecule has 1 aliphatic heterocycles. The summed E-state index contributed by atoms with van der Waals surface area (Å²) in [5.74, 6) is 0.0233. The highest BCUT2D eigenvalue weighted by Crippen LogP contribution is 2.20. The van der Waals surface area contributed by atoms with Gasteiger partial charge in [-0.1, -0.05) is 13.8 Å². The topological polar surface area (TPSA) is 35.6 Å². The molecular weight excluding hydrogens is 262 g/mol. The molecule has 1 aromatic carbocycles. The van der Waals surface area contributed by atoms with Crippen LogP contribution in [0.4, 0.5) is 5.69 Å². The smallest absolute Gasteiger partial charge is 0.251 e. The number of hydrogen-bond acceptors (Lipinski definition) is 3. The van der Waals surface area contributed by atoms with Gasteiger partial charge in [0.25, 0.3) is 5.91 Å². The molecule has 1 aliphatic rings. The zero-order valence-corrected chi connectivity index (χ0v) is 13.3. The van der Waals surface area contributed by atoms with E-state index in [1.807, 2.05) is 12.1 Å². The van der Waals surface area contributed by atoms with Gasteiger partial charge in [0.15, 0.2) is 0 Å². The van der Waals surface area contributed by atoms with Crippen LogP contribution in [0.5, 0.6) is 0 Å². The monoisotopic (exact) mass is 289 g/mol. The fourth-order valence-corrected chi connectivity index (χ4v) is 2.77. The number of nitrogens with one attached hydrogen (secondary N) is 1. The summed E-state index contributed by atoms with van der Waals surface area (Å²) >= 11 is 0. The van der Waals surface area contributed by atoms with Crippen LogP contribution in [0.3, 0.4) is 0 Å². The Balaban J connectivity index is 1.82. The molecule has 0 saturated carbocycles. The number of amides is 1. The largest absolute Gasteiger partial charge is 0.372 e. The van der Waals surface area contributed by atoms with Crippen LogP contribution in [0.15, 0.2) is 24.3 Å². The number of nitrogens with zero attached hydrogens (tertiary/aromatic N) is 2. The Labute approximate surface area is 128 Å². The SMILES string of the molecule is CCN(CC)CCNC(=O)c1ccc(N2CCCC2)cc1. The third-order valence-corrected chi connectivity index (χ3v) is 4.21. The maximum Gasteiger partial charge on any atom is 0.251 e. The van der Waals surface area contributed by atoms with Crippen LogP contribution in [-0.2, 0) is 0 Å². The molecule has 1 fully saturated rings. The fourth-order valence-electron chi connectivity index (χ4n) is 2.77. The lowest BCUT2D eigenvalue weighted by Gasteiger charge is -2.19. The van der Waals surface area contributed by atoms with Gasteiger partial charge in [-0.2, -0.15) is 0 Å². The quantitative estimate of drug-likeness (QED) is 0.837. The lowest BCUT2D eigenvalue weighted by molar-refractivity contribution is 0.0949. The van der Waals surface area contributed by atoms with Gasteiger partial charge in [-0.25, -0.2) is 0 Å². The average molecular weight is 289 g/mol. The lowest BCUT2D eigenvalue weighted by atomic mass is 10.2. The molecule has 4 nitrogen and oxygen atoms in total. The fraction of sp³-hybridized carbons (Fsp3) is 0.588. The van der Waals surface area contributed by atoms with Gasteiger partial charge < -0.3 is 15.1 Å². The Bertz CT molecular complexity index is 434. The van der Waals surface area contributed by atoms with Crippen LogP contribution >= 0.6 is 0 Å². The summed E-state index contributed by atoms with van der Waals surface area (Å²) in [4.78, 5) is 16.8. The summed E-state index contributed by atoms with van der Waals surface area (Å²) in [6, 6.07) is 7.98. The van der Waals surface area contributed by atoms with E-state index in [0.717, 1.165) is 38.3 Å². The summed E-state index contributed by atoms with van der Waals surface area (Å²) in [6.07, 6.45) is 2.54. The van der Waals surface area contributed by atoms with E-state index in [-0.39, 0.29) is 5.91 Å². The molecule has 4 heteroatoms. The van der Waals surface area contributed by atoms with Gasteiger partial charge >= 0.3 is 0 Å². The minimum Gasteiger partial charge on any atom is -0.372 e. The van der Waals surface area contributed by atoms with E-state index in [2.05, 4.69) is 41.1 Å². The maximum absolute atomic E-state index is 12.1. The molecule has 0 spiro atoms. The molecule has 1 saturated heterocycles. The number of rotatable bonds is 7. The highest BCUT2D eigenvalue weighted by atomic mass is 16.1. The number of carbonyl (C=O) groups excluding carboxylic acids is 1. The Morgan fingerprint density at radius 2 is 1.76 bits per heavy atom. The van der Waals surface area contributed by atoms with Crippen molar-refractivity contribution >= 4 is 11.6 Å². The molecule has 1 aromatic rings. The van der Waals surface area contributed by atoms with Crippen molar-refractivity contribution in [3.63, 3.8) is 0 Å². The predicted octanol–water partition coefficient (Wildman–Crippen LogP) is 2.36. The number of hydrogen-bond donors (Lipinski definition) is 1. The summed E-state index contributed by atoms with van der Waals surface area (Å²) in [6.45, 7) is 10.2. The summed E-state index contributed by atoms with van der Waals surface area (Å²) in [7, 11) is 0. The van der Waals surface area contributed by atoms with Gasteiger partial charge in [-0.3, -0.25) is 4.79 Å². The van der Waals surface area contributed by atoms with E-state index in [4.69, 9.17) is 0 Å². The molecule has 1 heterocycles. The van der Waals surface area contributed by atoms with E-state index in [9.17, 15) is 4.79 Å². The summed E-state index contributed by atoms with van der Waals surface area (Å²) < 4.78 is 0. The van der Waals surface area contributed by atoms with Crippen molar-refractivity contribution in [3.05, 3.63) is 29.8 Å². The Kier molecular flexibility index (Phi) is 6.05. The van der Waals surface area contributed by atoms with Crippen LogP contribution in [0.1, 0.15) is 37.0 Å². The van der Waals surface area contributed by atoms with Gasteiger partial charge in [0.2, 0.25) is 0 Å². The van der Waals surface area contributed by atoms with E-state index in [0.29, 0.717) is 6.54 Å². The second-order valence-electron chi connectivity index (χ2n) is 5.52.